The molecule has 1 heterocycles. The van der Waals surface area contributed by atoms with Gasteiger partial charge in [0, 0.05) is 11.8 Å². The summed E-state index contributed by atoms with van der Waals surface area (Å²) in [6.07, 6.45) is 3.25. The van der Waals surface area contributed by atoms with Gasteiger partial charge in [0.1, 0.15) is 11.4 Å². The van der Waals surface area contributed by atoms with Crippen LogP contribution >= 0.6 is 23.3 Å². The van der Waals surface area contributed by atoms with Crippen LogP contribution in [0.5, 0.6) is 0 Å². The van der Waals surface area contributed by atoms with E-state index in [2.05, 4.69) is 20.7 Å². The van der Waals surface area contributed by atoms with Crippen LogP contribution in [0, 0.1) is 18.3 Å². The molecule has 0 saturated heterocycles. The van der Waals surface area contributed by atoms with Crippen LogP contribution < -0.4 is 5.32 Å². The minimum atomic E-state index is -0.395. The van der Waals surface area contributed by atoms with Gasteiger partial charge in [-0.05, 0) is 44.6 Å². The second-order valence-corrected chi connectivity index (χ2v) is 6.66. The number of nitrogens with one attached hydrogen (secondary N) is 1. The molecule has 1 aliphatic carbocycles. The van der Waals surface area contributed by atoms with Gasteiger partial charge in [-0.15, -0.1) is 0 Å². The summed E-state index contributed by atoms with van der Waals surface area (Å²) in [7, 11) is 0. The van der Waals surface area contributed by atoms with Crippen LogP contribution in [0.15, 0.2) is 4.34 Å². The van der Waals surface area contributed by atoms with E-state index in [0.29, 0.717) is 6.04 Å². The van der Waals surface area contributed by atoms with Gasteiger partial charge in [0.15, 0.2) is 4.34 Å². The fourth-order valence-electron chi connectivity index (χ4n) is 1.52. The van der Waals surface area contributed by atoms with E-state index in [1.807, 2.05) is 13.8 Å². The highest BCUT2D eigenvalue weighted by Crippen LogP contribution is 2.27. The zero-order valence-corrected chi connectivity index (χ0v) is 11.7. The monoisotopic (exact) mass is 268 g/mol. The van der Waals surface area contributed by atoms with Crippen LogP contribution in [0.4, 0.5) is 0 Å². The average molecular weight is 268 g/mol. The first-order valence-electron chi connectivity index (χ1n) is 5.73. The third-order valence-corrected chi connectivity index (χ3v) is 4.61. The predicted octanol–water partition coefficient (Wildman–Crippen LogP) is 2.36. The van der Waals surface area contributed by atoms with Crippen LogP contribution in [-0.4, -0.2) is 26.7 Å². The van der Waals surface area contributed by atoms with E-state index >= 15 is 0 Å². The predicted molar refractivity (Wildman–Crippen MR) is 70.2 cm³/mol. The minimum Gasteiger partial charge on any atom is -0.297 e. The summed E-state index contributed by atoms with van der Waals surface area (Å²) < 4.78 is 5.13. The normalized spacial score (nSPS) is 18.6. The van der Waals surface area contributed by atoms with E-state index in [1.165, 1.54) is 24.4 Å². The molecular weight excluding hydrogens is 252 g/mol. The lowest BCUT2D eigenvalue weighted by Crippen LogP contribution is -2.42. The Labute approximate surface area is 110 Å². The second-order valence-electron chi connectivity index (χ2n) is 4.57. The SMILES string of the molecule is Cc1nsc(SCCC(C)(C#N)NC2CC2)n1. The third kappa shape index (κ3) is 3.95. The molecule has 1 saturated carbocycles. The quantitative estimate of drug-likeness (QED) is 0.803. The molecule has 1 aromatic rings. The molecule has 0 aliphatic heterocycles. The Bertz CT molecular complexity index is 421. The summed E-state index contributed by atoms with van der Waals surface area (Å²) in [4.78, 5) is 4.30. The molecule has 1 N–H and O–H groups in total. The van der Waals surface area contributed by atoms with Crippen LogP contribution in [-0.2, 0) is 0 Å². The summed E-state index contributed by atoms with van der Waals surface area (Å²) in [5.74, 6) is 1.73. The molecule has 1 unspecified atom stereocenters. The number of rotatable bonds is 6. The first-order chi connectivity index (χ1) is 8.11. The maximum Gasteiger partial charge on any atom is 0.170 e. The van der Waals surface area contributed by atoms with E-state index in [1.54, 1.807) is 11.8 Å². The molecule has 0 aromatic carbocycles. The Morgan fingerprint density at radius 1 is 1.65 bits per heavy atom. The number of nitrogens with zero attached hydrogens (tertiary/aromatic N) is 3. The lowest BCUT2D eigenvalue weighted by molar-refractivity contribution is 0.434. The van der Waals surface area contributed by atoms with Crippen molar-refractivity contribution in [2.24, 2.45) is 0 Å². The molecule has 92 valence electrons. The van der Waals surface area contributed by atoms with Gasteiger partial charge in [-0.25, -0.2) is 4.98 Å². The number of hydrogen-bond donors (Lipinski definition) is 1. The van der Waals surface area contributed by atoms with Gasteiger partial charge < -0.3 is 0 Å². The molecule has 1 aliphatic rings. The first kappa shape index (κ1) is 12.8. The Balaban J connectivity index is 1.77. The fraction of sp³-hybridized carbons (Fsp3) is 0.727. The fourth-order valence-corrected chi connectivity index (χ4v) is 3.40. The molecule has 0 amide bonds. The molecule has 1 aromatic heterocycles. The maximum atomic E-state index is 9.22. The largest absolute Gasteiger partial charge is 0.297 e. The first-order valence-corrected chi connectivity index (χ1v) is 7.49. The summed E-state index contributed by atoms with van der Waals surface area (Å²) >= 11 is 3.12. The Morgan fingerprint density at radius 2 is 2.41 bits per heavy atom. The molecular formula is C11H16N4S2. The highest BCUT2D eigenvalue weighted by atomic mass is 32.2. The lowest BCUT2D eigenvalue weighted by Gasteiger charge is -2.22. The Kier molecular flexibility index (Phi) is 4.02. The smallest absolute Gasteiger partial charge is 0.170 e. The van der Waals surface area contributed by atoms with Crippen LogP contribution in [0.3, 0.4) is 0 Å². The summed E-state index contributed by atoms with van der Waals surface area (Å²) in [5, 5.41) is 12.6. The van der Waals surface area contributed by atoms with Crippen LogP contribution in [0.1, 0.15) is 32.0 Å². The van der Waals surface area contributed by atoms with Crippen LogP contribution in [0.2, 0.25) is 0 Å². The van der Waals surface area contributed by atoms with Crippen molar-refractivity contribution in [1.82, 2.24) is 14.7 Å². The standard InChI is InChI=1S/C11H16N4S2/c1-8-13-10(17-15-8)16-6-5-11(2,7-12)14-9-3-4-9/h9,14H,3-6H2,1-2H3. The summed E-state index contributed by atoms with van der Waals surface area (Å²) in [6.45, 7) is 3.88. The van der Waals surface area contributed by atoms with E-state index in [-0.39, 0.29) is 0 Å². The van der Waals surface area contributed by atoms with E-state index in [0.717, 1.165) is 22.3 Å². The van der Waals surface area contributed by atoms with Gasteiger partial charge in [0.2, 0.25) is 0 Å². The Morgan fingerprint density at radius 3 is 2.94 bits per heavy atom. The number of thioether (sulfide) groups is 1. The number of hydrogen-bond acceptors (Lipinski definition) is 6. The van der Waals surface area contributed by atoms with Crippen molar-refractivity contribution in [1.29, 1.82) is 5.26 Å². The molecule has 17 heavy (non-hydrogen) atoms. The zero-order chi connectivity index (χ0) is 12.3. The summed E-state index contributed by atoms with van der Waals surface area (Å²) in [5.41, 5.74) is -0.395. The van der Waals surface area contributed by atoms with Gasteiger partial charge >= 0.3 is 0 Å². The maximum absolute atomic E-state index is 9.22. The van der Waals surface area contributed by atoms with Crippen molar-refractivity contribution in [3.8, 4) is 6.07 Å². The lowest BCUT2D eigenvalue weighted by atomic mass is 10.0. The van der Waals surface area contributed by atoms with E-state index in [9.17, 15) is 5.26 Å². The molecule has 0 radical (unpaired) electrons. The number of nitriles is 1. The Hall–Kier alpha value is -0.640. The topological polar surface area (TPSA) is 61.6 Å². The molecule has 1 fully saturated rings. The van der Waals surface area contributed by atoms with E-state index < -0.39 is 5.54 Å². The minimum absolute atomic E-state index is 0.395. The number of aryl methyl sites for hydroxylation is 1. The molecule has 1 atom stereocenters. The highest BCUT2D eigenvalue weighted by Gasteiger charge is 2.32. The van der Waals surface area contributed by atoms with Crippen molar-refractivity contribution in [2.45, 2.75) is 49.0 Å². The molecule has 4 nitrogen and oxygen atoms in total. The van der Waals surface area contributed by atoms with Gasteiger partial charge in [-0.2, -0.15) is 9.64 Å². The van der Waals surface area contributed by atoms with Crippen molar-refractivity contribution >= 4 is 23.3 Å². The van der Waals surface area contributed by atoms with Crippen molar-refractivity contribution in [3.63, 3.8) is 0 Å². The van der Waals surface area contributed by atoms with Gasteiger partial charge in [-0.1, -0.05) is 11.8 Å². The third-order valence-electron chi connectivity index (χ3n) is 2.68. The van der Waals surface area contributed by atoms with Crippen LogP contribution in [0.25, 0.3) is 0 Å². The molecule has 0 bridgehead atoms. The average Bonchev–Trinajstić information content (AvgIpc) is 3.00. The number of aromatic nitrogens is 2. The molecule has 0 spiro atoms. The van der Waals surface area contributed by atoms with Crippen molar-refractivity contribution in [2.75, 3.05) is 5.75 Å². The van der Waals surface area contributed by atoms with Gasteiger partial charge in [-0.3, -0.25) is 5.32 Å². The van der Waals surface area contributed by atoms with Gasteiger partial charge in [0.25, 0.3) is 0 Å². The zero-order valence-electron chi connectivity index (χ0n) is 10.1. The van der Waals surface area contributed by atoms with Crippen molar-refractivity contribution in [3.05, 3.63) is 5.82 Å². The van der Waals surface area contributed by atoms with Crippen molar-refractivity contribution < 1.29 is 0 Å². The molecule has 2 rings (SSSR count). The van der Waals surface area contributed by atoms with E-state index in [4.69, 9.17) is 0 Å². The molecule has 6 heteroatoms. The second kappa shape index (κ2) is 5.34. The van der Waals surface area contributed by atoms with Gasteiger partial charge in [0.05, 0.1) is 6.07 Å². The highest BCUT2D eigenvalue weighted by molar-refractivity contribution is 8.00. The summed E-state index contributed by atoms with van der Waals surface area (Å²) in [6, 6.07) is 2.95.